The van der Waals surface area contributed by atoms with E-state index in [1.807, 2.05) is 30.3 Å². The molecule has 1 aromatic carbocycles. The molecule has 0 fully saturated rings. The number of hydrogen-bond acceptors (Lipinski definition) is 6. The maximum absolute atomic E-state index is 12.7. The number of carbonyl (C=O) groups is 1. The summed E-state index contributed by atoms with van der Waals surface area (Å²) in [6, 6.07) is 15.4. The van der Waals surface area contributed by atoms with E-state index in [0.717, 1.165) is 17.7 Å². The van der Waals surface area contributed by atoms with E-state index in [1.165, 1.54) is 16.9 Å². The first-order chi connectivity index (χ1) is 13.6. The molecule has 4 rings (SSSR count). The van der Waals surface area contributed by atoms with Gasteiger partial charge in [0.25, 0.3) is 5.91 Å². The Morgan fingerprint density at radius 3 is 2.68 bits per heavy atom. The first kappa shape index (κ1) is 18.1. The van der Waals surface area contributed by atoms with Crippen LogP contribution in [0.25, 0.3) is 22.0 Å². The van der Waals surface area contributed by atoms with Crippen LogP contribution in [0.4, 0.5) is 5.88 Å². The lowest BCUT2D eigenvalue weighted by Crippen LogP contribution is -2.10. The summed E-state index contributed by atoms with van der Waals surface area (Å²) in [5, 5.41) is 7.52. The third-order valence-corrected chi connectivity index (χ3v) is 5.47. The van der Waals surface area contributed by atoms with Crippen molar-refractivity contribution in [3.63, 3.8) is 0 Å². The monoisotopic (exact) mass is 390 g/mol. The summed E-state index contributed by atoms with van der Waals surface area (Å²) < 4.78 is 5.29. The van der Waals surface area contributed by atoms with Crippen LogP contribution >= 0.6 is 11.3 Å². The van der Waals surface area contributed by atoms with Gasteiger partial charge in [-0.3, -0.25) is 15.1 Å². The van der Waals surface area contributed by atoms with Crippen molar-refractivity contribution in [2.75, 3.05) is 5.32 Å². The molecule has 0 aliphatic carbocycles. The number of hydrogen-bond donors (Lipinski definition) is 1. The third kappa shape index (κ3) is 3.70. The van der Waals surface area contributed by atoms with E-state index < -0.39 is 0 Å². The van der Waals surface area contributed by atoms with E-state index in [0.29, 0.717) is 27.2 Å². The Morgan fingerprint density at radius 1 is 1.14 bits per heavy atom. The van der Waals surface area contributed by atoms with E-state index in [1.54, 1.807) is 19.2 Å². The molecule has 140 valence electrons. The van der Waals surface area contributed by atoms with Gasteiger partial charge in [0.05, 0.1) is 11.4 Å². The van der Waals surface area contributed by atoms with Crippen molar-refractivity contribution in [1.29, 1.82) is 0 Å². The molecule has 0 bridgehead atoms. The first-order valence-corrected chi connectivity index (χ1v) is 9.72. The van der Waals surface area contributed by atoms with Crippen LogP contribution in [0, 0.1) is 6.92 Å². The average molecular weight is 390 g/mol. The van der Waals surface area contributed by atoms with Gasteiger partial charge in [0.15, 0.2) is 0 Å². The van der Waals surface area contributed by atoms with Crippen molar-refractivity contribution >= 4 is 23.1 Å². The van der Waals surface area contributed by atoms with Crippen LogP contribution in [0.3, 0.4) is 0 Å². The molecule has 7 heteroatoms. The number of nitrogens with one attached hydrogen (secondary N) is 1. The Bertz CT molecular complexity index is 1100. The van der Waals surface area contributed by atoms with E-state index in [-0.39, 0.29) is 5.91 Å². The van der Waals surface area contributed by atoms with Crippen LogP contribution in [0.1, 0.15) is 27.9 Å². The molecule has 0 radical (unpaired) electrons. The van der Waals surface area contributed by atoms with Gasteiger partial charge >= 0.3 is 0 Å². The topological polar surface area (TPSA) is 80.9 Å². The Morgan fingerprint density at radius 2 is 1.96 bits per heavy atom. The molecule has 1 N–H and O–H groups in total. The van der Waals surface area contributed by atoms with Crippen LogP contribution < -0.4 is 5.32 Å². The van der Waals surface area contributed by atoms with Crippen molar-refractivity contribution in [2.24, 2.45) is 0 Å². The summed E-state index contributed by atoms with van der Waals surface area (Å²) in [7, 11) is 0. The van der Waals surface area contributed by atoms with Gasteiger partial charge in [-0.1, -0.05) is 42.4 Å². The van der Waals surface area contributed by atoms with Gasteiger partial charge < -0.3 is 4.52 Å². The summed E-state index contributed by atoms with van der Waals surface area (Å²) in [5.41, 5.74) is 4.26. The smallest absolute Gasteiger partial charge is 0.270 e. The second-order valence-electron chi connectivity index (χ2n) is 6.23. The predicted octanol–water partition coefficient (Wildman–Crippen LogP) is 4.98. The van der Waals surface area contributed by atoms with Crippen molar-refractivity contribution in [3.05, 3.63) is 70.9 Å². The van der Waals surface area contributed by atoms with Gasteiger partial charge in [0, 0.05) is 17.8 Å². The average Bonchev–Trinajstić information content (AvgIpc) is 3.35. The van der Waals surface area contributed by atoms with E-state index in [2.05, 4.69) is 39.5 Å². The third-order valence-electron chi connectivity index (χ3n) is 4.29. The van der Waals surface area contributed by atoms with Crippen LogP contribution in [-0.2, 0) is 6.42 Å². The number of pyridine rings is 1. The Kier molecular flexibility index (Phi) is 4.99. The minimum Gasteiger partial charge on any atom is -0.338 e. The molecular weight excluding hydrogens is 372 g/mol. The molecule has 0 aliphatic heterocycles. The van der Waals surface area contributed by atoms with E-state index in [9.17, 15) is 4.79 Å². The fourth-order valence-electron chi connectivity index (χ4n) is 2.76. The SMILES string of the molecule is CCc1ccc(-c2cc(NC(=O)c3sc(-c4ccccn4)nc3C)on2)cc1. The number of nitrogens with zero attached hydrogens (tertiary/aromatic N) is 3. The lowest BCUT2D eigenvalue weighted by molar-refractivity contribution is 0.102. The molecular formula is C21H18N4O2S. The molecule has 6 nitrogen and oxygen atoms in total. The van der Waals surface area contributed by atoms with Gasteiger partial charge in [0.1, 0.15) is 15.6 Å². The highest BCUT2D eigenvalue weighted by molar-refractivity contribution is 7.17. The maximum Gasteiger partial charge on any atom is 0.270 e. The highest BCUT2D eigenvalue weighted by atomic mass is 32.1. The van der Waals surface area contributed by atoms with Crippen molar-refractivity contribution < 1.29 is 9.32 Å². The lowest BCUT2D eigenvalue weighted by atomic mass is 10.1. The van der Waals surface area contributed by atoms with Crippen LogP contribution in [0.2, 0.25) is 0 Å². The molecule has 28 heavy (non-hydrogen) atoms. The van der Waals surface area contributed by atoms with Gasteiger partial charge in [-0.05, 0) is 31.0 Å². The lowest BCUT2D eigenvalue weighted by Gasteiger charge is -1.98. The standard InChI is InChI=1S/C21H18N4O2S/c1-3-14-7-9-15(10-8-14)17-12-18(27-25-17)24-20(26)19-13(2)23-21(28-19)16-6-4-5-11-22-16/h4-12H,3H2,1-2H3,(H,24,26). The molecule has 0 atom stereocenters. The highest BCUT2D eigenvalue weighted by Gasteiger charge is 2.18. The van der Waals surface area contributed by atoms with Crippen LogP contribution in [0.5, 0.6) is 0 Å². The van der Waals surface area contributed by atoms with Gasteiger partial charge in [0.2, 0.25) is 5.88 Å². The summed E-state index contributed by atoms with van der Waals surface area (Å²) in [5.74, 6) is 0.0213. The number of rotatable bonds is 5. The summed E-state index contributed by atoms with van der Waals surface area (Å²) in [6.07, 6.45) is 2.68. The zero-order chi connectivity index (χ0) is 19.5. The number of aromatic nitrogens is 3. The second-order valence-corrected chi connectivity index (χ2v) is 7.23. The summed E-state index contributed by atoms with van der Waals surface area (Å²) in [6.45, 7) is 3.92. The molecule has 4 aromatic rings. The van der Waals surface area contributed by atoms with E-state index in [4.69, 9.17) is 4.52 Å². The van der Waals surface area contributed by atoms with Gasteiger partial charge in [-0.15, -0.1) is 11.3 Å². The molecule has 0 unspecified atom stereocenters. The molecule has 3 heterocycles. The predicted molar refractivity (Wildman–Crippen MR) is 109 cm³/mol. The highest BCUT2D eigenvalue weighted by Crippen LogP contribution is 2.28. The number of thiazole rings is 1. The van der Waals surface area contributed by atoms with Gasteiger partial charge in [-0.2, -0.15) is 0 Å². The molecule has 0 spiro atoms. The van der Waals surface area contributed by atoms with Crippen molar-refractivity contribution in [3.8, 4) is 22.0 Å². The Balaban J connectivity index is 1.51. The molecule has 1 amide bonds. The Hall–Kier alpha value is -3.32. The number of benzene rings is 1. The second kappa shape index (κ2) is 7.74. The fourth-order valence-corrected chi connectivity index (χ4v) is 3.69. The largest absolute Gasteiger partial charge is 0.338 e. The van der Waals surface area contributed by atoms with Crippen LogP contribution in [0.15, 0.2) is 59.3 Å². The summed E-state index contributed by atoms with van der Waals surface area (Å²) >= 11 is 1.30. The molecule has 0 saturated carbocycles. The minimum atomic E-state index is -0.277. The zero-order valence-electron chi connectivity index (χ0n) is 15.5. The molecule has 0 saturated heterocycles. The van der Waals surface area contributed by atoms with Crippen LogP contribution in [-0.4, -0.2) is 21.0 Å². The maximum atomic E-state index is 12.7. The zero-order valence-corrected chi connectivity index (χ0v) is 16.3. The van der Waals surface area contributed by atoms with Crippen molar-refractivity contribution in [2.45, 2.75) is 20.3 Å². The fraction of sp³-hybridized carbons (Fsp3) is 0.143. The number of amides is 1. The van der Waals surface area contributed by atoms with Gasteiger partial charge in [-0.25, -0.2) is 4.98 Å². The Labute approximate surface area is 166 Å². The summed E-state index contributed by atoms with van der Waals surface area (Å²) in [4.78, 5) is 21.9. The number of anilines is 1. The quantitative estimate of drug-likeness (QED) is 0.519. The normalized spacial score (nSPS) is 10.8. The first-order valence-electron chi connectivity index (χ1n) is 8.90. The van der Waals surface area contributed by atoms with E-state index >= 15 is 0 Å². The van der Waals surface area contributed by atoms with Crippen molar-refractivity contribution in [1.82, 2.24) is 15.1 Å². The minimum absolute atomic E-state index is 0.277. The molecule has 3 aromatic heterocycles. The molecule has 0 aliphatic rings. The number of aryl methyl sites for hydroxylation is 2. The number of carbonyl (C=O) groups excluding carboxylic acids is 1.